The fraction of sp³-hybridized carbons (Fsp3) is 0.167. The largest absolute Gasteiger partial charge is 0.459 e. The molecule has 1 rings (SSSR count). The van der Waals surface area contributed by atoms with Crippen molar-refractivity contribution < 1.29 is 27.5 Å². The first-order valence-electron chi connectivity index (χ1n) is 4.65. The van der Waals surface area contributed by atoms with Crippen LogP contribution in [-0.4, -0.2) is 19.4 Å². The van der Waals surface area contributed by atoms with E-state index in [-0.39, 0.29) is 17.4 Å². The van der Waals surface area contributed by atoms with Crippen LogP contribution in [0.15, 0.2) is 18.2 Å². The van der Waals surface area contributed by atoms with Crippen LogP contribution in [0.25, 0.3) is 0 Å². The van der Waals surface area contributed by atoms with Crippen molar-refractivity contribution in [3.8, 4) is 11.8 Å². The van der Waals surface area contributed by atoms with Gasteiger partial charge in [-0.2, -0.15) is 13.2 Å². The zero-order valence-electron chi connectivity index (χ0n) is 9.17. The van der Waals surface area contributed by atoms with E-state index in [2.05, 4.69) is 10.7 Å². The van der Waals surface area contributed by atoms with E-state index in [9.17, 15) is 22.8 Å². The smallest absolute Gasteiger partial charge is 0.416 e. The van der Waals surface area contributed by atoms with Crippen molar-refractivity contribution in [2.45, 2.75) is 6.18 Å². The SMILES string of the molecule is COC(=O)C#Cc1ccc(C(F)(F)F)cc1C=O. The molecule has 0 saturated carbocycles. The lowest BCUT2D eigenvalue weighted by atomic mass is 10.0. The van der Waals surface area contributed by atoms with Gasteiger partial charge < -0.3 is 4.74 Å². The summed E-state index contributed by atoms with van der Waals surface area (Å²) in [5, 5.41) is 0. The van der Waals surface area contributed by atoms with Gasteiger partial charge in [0.05, 0.1) is 12.7 Å². The summed E-state index contributed by atoms with van der Waals surface area (Å²) in [7, 11) is 1.12. The Morgan fingerprint density at radius 2 is 2.06 bits per heavy atom. The Morgan fingerprint density at radius 3 is 2.56 bits per heavy atom. The molecule has 0 aliphatic heterocycles. The van der Waals surface area contributed by atoms with E-state index in [1.807, 2.05) is 5.92 Å². The molecule has 1 aromatic carbocycles. The van der Waals surface area contributed by atoms with Crippen molar-refractivity contribution >= 4 is 12.3 Å². The van der Waals surface area contributed by atoms with E-state index >= 15 is 0 Å². The summed E-state index contributed by atoms with van der Waals surface area (Å²) < 4.78 is 41.4. The molecule has 18 heavy (non-hydrogen) atoms. The molecule has 3 nitrogen and oxygen atoms in total. The molecule has 1 aromatic rings. The minimum Gasteiger partial charge on any atom is -0.459 e. The number of hydrogen-bond acceptors (Lipinski definition) is 3. The van der Waals surface area contributed by atoms with Crippen LogP contribution in [0, 0.1) is 11.8 Å². The number of alkyl halides is 3. The molecule has 0 aliphatic rings. The van der Waals surface area contributed by atoms with Crippen LogP contribution in [-0.2, 0) is 15.7 Å². The zero-order chi connectivity index (χ0) is 13.8. The number of methoxy groups -OCH3 is 1. The Hall–Kier alpha value is -2.29. The van der Waals surface area contributed by atoms with Crippen molar-refractivity contribution in [1.82, 2.24) is 0 Å². The molecule has 6 heteroatoms. The summed E-state index contributed by atoms with van der Waals surface area (Å²) in [6, 6.07) is 2.49. The van der Waals surface area contributed by atoms with Crippen molar-refractivity contribution in [3.05, 3.63) is 34.9 Å². The van der Waals surface area contributed by atoms with E-state index in [0.717, 1.165) is 19.2 Å². The number of hydrogen-bond donors (Lipinski definition) is 0. The van der Waals surface area contributed by atoms with Gasteiger partial charge in [0, 0.05) is 17.0 Å². The predicted octanol–water partition coefficient (Wildman–Crippen LogP) is 2.04. The van der Waals surface area contributed by atoms with Gasteiger partial charge in [-0.3, -0.25) is 4.79 Å². The zero-order valence-corrected chi connectivity index (χ0v) is 9.17. The molecule has 0 spiro atoms. The first-order valence-corrected chi connectivity index (χ1v) is 4.65. The topological polar surface area (TPSA) is 43.4 Å². The minimum atomic E-state index is -4.54. The lowest BCUT2D eigenvalue weighted by Crippen LogP contribution is -2.06. The van der Waals surface area contributed by atoms with Crippen LogP contribution in [0.5, 0.6) is 0 Å². The quantitative estimate of drug-likeness (QED) is 0.438. The van der Waals surface area contributed by atoms with Gasteiger partial charge >= 0.3 is 12.1 Å². The minimum absolute atomic E-state index is 0.0309. The Bertz CT molecular complexity index is 536. The molecular formula is C12H7F3O3. The maximum atomic E-state index is 12.4. The molecule has 0 radical (unpaired) electrons. The highest BCUT2D eigenvalue weighted by Gasteiger charge is 2.30. The fourth-order valence-corrected chi connectivity index (χ4v) is 1.12. The molecule has 0 atom stereocenters. The number of halogens is 3. The standard InChI is InChI=1S/C12H7F3O3/c1-18-11(17)5-3-8-2-4-10(12(13,14)15)6-9(8)7-16/h2,4,6-7H,1H3. The number of esters is 1. The Labute approximate surface area is 101 Å². The maximum absolute atomic E-state index is 12.4. The summed E-state index contributed by atoms with van der Waals surface area (Å²) in [5.41, 5.74) is -1.15. The van der Waals surface area contributed by atoms with Gasteiger partial charge in [0.15, 0.2) is 6.29 Å². The second kappa shape index (κ2) is 5.36. The molecule has 0 saturated heterocycles. The normalized spacial score (nSPS) is 10.2. The van der Waals surface area contributed by atoms with Crippen LogP contribution in [0.1, 0.15) is 21.5 Å². The molecular weight excluding hydrogens is 249 g/mol. The van der Waals surface area contributed by atoms with Crippen LogP contribution in [0.2, 0.25) is 0 Å². The average molecular weight is 256 g/mol. The number of carbonyl (C=O) groups excluding carboxylic acids is 2. The molecule has 0 bridgehead atoms. The van der Waals surface area contributed by atoms with E-state index in [1.165, 1.54) is 0 Å². The number of benzene rings is 1. The third kappa shape index (κ3) is 3.35. The summed E-state index contributed by atoms with van der Waals surface area (Å²) in [6.45, 7) is 0. The average Bonchev–Trinajstić information content (AvgIpc) is 2.34. The number of ether oxygens (including phenoxy) is 1. The molecule has 0 unspecified atom stereocenters. The van der Waals surface area contributed by atoms with Crippen molar-refractivity contribution in [3.63, 3.8) is 0 Å². The monoisotopic (exact) mass is 256 g/mol. The van der Waals surface area contributed by atoms with Crippen LogP contribution in [0.4, 0.5) is 13.2 Å². The van der Waals surface area contributed by atoms with Gasteiger partial charge in [-0.15, -0.1) is 0 Å². The molecule has 0 aromatic heterocycles. The summed E-state index contributed by atoms with van der Waals surface area (Å²) in [6.07, 6.45) is -4.29. The van der Waals surface area contributed by atoms with Crippen LogP contribution < -0.4 is 0 Å². The highest BCUT2D eigenvalue weighted by atomic mass is 19.4. The second-order valence-corrected chi connectivity index (χ2v) is 3.16. The molecule has 0 aliphatic carbocycles. The van der Waals surface area contributed by atoms with Crippen LogP contribution >= 0.6 is 0 Å². The molecule has 94 valence electrons. The highest BCUT2D eigenvalue weighted by molar-refractivity contribution is 5.90. The first-order chi connectivity index (χ1) is 8.38. The van der Waals surface area contributed by atoms with Gasteiger partial charge in [-0.25, -0.2) is 4.79 Å². The molecule has 0 fully saturated rings. The lowest BCUT2D eigenvalue weighted by molar-refractivity contribution is -0.137. The fourth-order valence-electron chi connectivity index (χ4n) is 1.12. The molecule has 0 N–H and O–H groups in total. The first kappa shape index (κ1) is 13.8. The predicted molar refractivity (Wildman–Crippen MR) is 55.7 cm³/mol. The maximum Gasteiger partial charge on any atom is 0.416 e. The van der Waals surface area contributed by atoms with Crippen molar-refractivity contribution in [2.24, 2.45) is 0 Å². The third-order valence-electron chi connectivity index (χ3n) is 1.99. The Balaban J connectivity index is 3.19. The molecule has 0 heterocycles. The summed E-state index contributed by atoms with van der Waals surface area (Å²) in [5.74, 6) is 3.46. The summed E-state index contributed by atoms with van der Waals surface area (Å²) >= 11 is 0. The number of aldehydes is 1. The van der Waals surface area contributed by atoms with E-state index in [4.69, 9.17) is 0 Å². The van der Waals surface area contributed by atoms with Crippen molar-refractivity contribution in [2.75, 3.05) is 7.11 Å². The second-order valence-electron chi connectivity index (χ2n) is 3.16. The van der Waals surface area contributed by atoms with Gasteiger partial charge in [-0.05, 0) is 18.2 Å². The van der Waals surface area contributed by atoms with Crippen LogP contribution in [0.3, 0.4) is 0 Å². The Morgan fingerprint density at radius 1 is 1.39 bits per heavy atom. The van der Waals surface area contributed by atoms with E-state index in [1.54, 1.807) is 0 Å². The summed E-state index contributed by atoms with van der Waals surface area (Å²) in [4.78, 5) is 21.4. The third-order valence-corrected chi connectivity index (χ3v) is 1.99. The Kier molecular flexibility index (Phi) is 4.10. The van der Waals surface area contributed by atoms with Gasteiger partial charge in [0.1, 0.15) is 0 Å². The van der Waals surface area contributed by atoms with Crippen molar-refractivity contribution in [1.29, 1.82) is 0 Å². The van der Waals surface area contributed by atoms with Gasteiger partial charge in [0.25, 0.3) is 0 Å². The number of carbonyl (C=O) groups is 2. The molecule has 0 amide bonds. The van der Waals surface area contributed by atoms with E-state index < -0.39 is 17.7 Å². The van der Waals surface area contributed by atoms with Gasteiger partial charge in [0.2, 0.25) is 0 Å². The van der Waals surface area contributed by atoms with E-state index in [0.29, 0.717) is 6.07 Å². The highest BCUT2D eigenvalue weighted by Crippen LogP contribution is 2.30. The lowest BCUT2D eigenvalue weighted by Gasteiger charge is -2.07. The van der Waals surface area contributed by atoms with Gasteiger partial charge in [-0.1, -0.05) is 5.92 Å². The number of rotatable bonds is 1.